The quantitative estimate of drug-likeness (QED) is 0.618. The van der Waals surface area contributed by atoms with Gasteiger partial charge in [0, 0.05) is 5.56 Å². The zero-order chi connectivity index (χ0) is 15.6. The fourth-order valence-electron chi connectivity index (χ4n) is 1.96. The highest BCUT2D eigenvalue weighted by Crippen LogP contribution is 2.29. The summed E-state index contributed by atoms with van der Waals surface area (Å²) in [5.41, 5.74) is 0.599. The Bertz CT molecular complexity index is 658. The van der Waals surface area contributed by atoms with E-state index < -0.39 is 17.5 Å². The van der Waals surface area contributed by atoms with Crippen LogP contribution >= 0.6 is 0 Å². The normalized spacial score (nSPS) is 10.8. The molecule has 0 bridgehead atoms. The molecule has 0 aromatic heterocycles. The lowest BCUT2D eigenvalue weighted by Gasteiger charge is -2.12. The van der Waals surface area contributed by atoms with Crippen molar-refractivity contribution in [2.75, 3.05) is 0 Å². The summed E-state index contributed by atoms with van der Waals surface area (Å²) in [6.07, 6.45) is 0.484. The van der Waals surface area contributed by atoms with Gasteiger partial charge in [0.2, 0.25) is 0 Å². The van der Waals surface area contributed by atoms with Gasteiger partial charge in [0.25, 0.3) is 0 Å². The molecule has 2 aromatic carbocycles. The van der Waals surface area contributed by atoms with Gasteiger partial charge in [-0.1, -0.05) is 0 Å². The van der Waals surface area contributed by atoms with Crippen LogP contribution in [0.4, 0.5) is 13.2 Å². The molecular weight excluding hydrogens is 281 g/mol. The van der Waals surface area contributed by atoms with Crippen molar-refractivity contribution in [3.05, 3.63) is 53.3 Å². The fraction of sp³-hybridized carbons (Fsp3) is 0.188. The van der Waals surface area contributed by atoms with Crippen molar-refractivity contribution in [1.29, 1.82) is 0 Å². The lowest BCUT2D eigenvalue weighted by molar-refractivity contribution is 0.112. The maximum Gasteiger partial charge on any atom is 0.194 e. The molecule has 2 nitrogen and oxygen atoms in total. The zero-order valence-corrected chi connectivity index (χ0v) is 11.5. The SMILES string of the molecule is CC(C)Oc1ccc(-c2cc(F)c(F)c(F)c2)c(C=O)c1. The average molecular weight is 294 g/mol. The van der Waals surface area contributed by atoms with Crippen molar-refractivity contribution in [3.8, 4) is 16.9 Å². The molecule has 0 aliphatic rings. The summed E-state index contributed by atoms with van der Waals surface area (Å²) in [6, 6.07) is 6.27. The lowest BCUT2D eigenvalue weighted by atomic mass is 9.99. The first-order valence-electron chi connectivity index (χ1n) is 6.33. The predicted molar refractivity (Wildman–Crippen MR) is 72.9 cm³/mol. The molecule has 110 valence electrons. The smallest absolute Gasteiger partial charge is 0.194 e. The Balaban J connectivity index is 2.51. The Morgan fingerprint density at radius 2 is 1.67 bits per heavy atom. The summed E-state index contributed by atoms with van der Waals surface area (Å²) in [4.78, 5) is 11.2. The minimum atomic E-state index is -1.54. The molecular formula is C16H13F3O2. The van der Waals surface area contributed by atoms with Crippen molar-refractivity contribution in [1.82, 2.24) is 0 Å². The minimum Gasteiger partial charge on any atom is -0.491 e. The van der Waals surface area contributed by atoms with Crippen LogP contribution in [0.25, 0.3) is 11.1 Å². The zero-order valence-electron chi connectivity index (χ0n) is 11.5. The van der Waals surface area contributed by atoms with Crippen molar-refractivity contribution in [3.63, 3.8) is 0 Å². The molecule has 0 atom stereocenters. The van der Waals surface area contributed by atoms with Crippen molar-refractivity contribution < 1.29 is 22.7 Å². The topological polar surface area (TPSA) is 26.3 Å². The van der Waals surface area contributed by atoms with Crippen LogP contribution in [0.2, 0.25) is 0 Å². The van der Waals surface area contributed by atoms with Gasteiger partial charge in [-0.05, 0) is 55.3 Å². The molecule has 21 heavy (non-hydrogen) atoms. The first kappa shape index (κ1) is 15.1. The number of hydrogen-bond acceptors (Lipinski definition) is 2. The molecule has 0 fully saturated rings. The van der Waals surface area contributed by atoms with Crippen LogP contribution in [0.15, 0.2) is 30.3 Å². The van der Waals surface area contributed by atoms with E-state index in [0.717, 1.165) is 12.1 Å². The second-order valence-electron chi connectivity index (χ2n) is 4.79. The molecule has 0 saturated carbocycles. The number of carbonyl (C=O) groups excluding carboxylic acids is 1. The Kier molecular flexibility index (Phi) is 4.31. The van der Waals surface area contributed by atoms with E-state index in [1.54, 1.807) is 6.07 Å². The lowest BCUT2D eigenvalue weighted by Crippen LogP contribution is -2.06. The summed E-state index contributed by atoms with van der Waals surface area (Å²) in [5, 5.41) is 0. The van der Waals surface area contributed by atoms with Crippen molar-refractivity contribution in [2.24, 2.45) is 0 Å². The van der Waals surface area contributed by atoms with Crippen LogP contribution in [-0.2, 0) is 0 Å². The highest BCUT2D eigenvalue weighted by molar-refractivity contribution is 5.88. The molecule has 0 spiro atoms. The van der Waals surface area contributed by atoms with E-state index >= 15 is 0 Å². The van der Waals surface area contributed by atoms with Crippen LogP contribution < -0.4 is 4.74 Å². The van der Waals surface area contributed by atoms with Crippen LogP contribution in [0.3, 0.4) is 0 Å². The largest absolute Gasteiger partial charge is 0.491 e. The second-order valence-corrected chi connectivity index (χ2v) is 4.79. The van der Waals surface area contributed by atoms with E-state index in [1.807, 2.05) is 13.8 Å². The van der Waals surface area contributed by atoms with Gasteiger partial charge in [0.05, 0.1) is 6.10 Å². The van der Waals surface area contributed by atoms with E-state index in [9.17, 15) is 18.0 Å². The van der Waals surface area contributed by atoms with Crippen LogP contribution in [0.1, 0.15) is 24.2 Å². The minimum absolute atomic E-state index is 0.0731. The van der Waals surface area contributed by atoms with E-state index in [0.29, 0.717) is 17.6 Å². The van der Waals surface area contributed by atoms with Gasteiger partial charge in [-0.15, -0.1) is 0 Å². The van der Waals surface area contributed by atoms with Gasteiger partial charge in [-0.25, -0.2) is 13.2 Å². The molecule has 0 aliphatic heterocycles. The number of hydrogen-bond donors (Lipinski definition) is 0. The summed E-state index contributed by atoms with van der Waals surface area (Å²) < 4.78 is 45.0. The molecule has 0 unspecified atom stereocenters. The van der Waals surface area contributed by atoms with Crippen LogP contribution in [-0.4, -0.2) is 12.4 Å². The highest BCUT2D eigenvalue weighted by Gasteiger charge is 2.14. The third-order valence-electron chi connectivity index (χ3n) is 2.82. The molecule has 0 heterocycles. The van der Waals surface area contributed by atoms with Crippen LogP contribution in [0.5, 0.6) is 5.75 Å². The van der Waals surface area contributed by atoms with Crippen molar-refractivity contribution in [2.45, 2.75) is 20.0 Å². The third-order valence-corrected chi connectivity index (χ3v) is 2.82. The average Bonchev–Trinajstić information content (AvgIpc) is 2.43. The highest BCUT2D eigenvalue weighted by atomic mass is 19.2. The fourth-order valence-corrected chi connectivity index (χ4v) is 1.96. The Morgan fingerprint density at radius 3 is 2.19 bits per heavy atom. The standard InChI is InChI=1S/C16H13F3O2/c1-9(2)21-12-3-4-13(11(5-12)8-20)10-6-14(17)16(19)15(18)7-10/h3-9H,1-2H3. The first-order chi connectivity index (χ1) is 9.92. The van der Waals surface area contributed by atoms with E-state index in [4.69, 9.17) is 4.74 Å². The molecule has 0 radical (unpaired) electrons. The number of rotatable bonds is 4. The van der Waals surface area contributed by atoms with E-state index in [-0.39, 0.29) is 17.2 Å². The Hall–Kier alpha value is -2.30. The van der Waals surface area contributed by atoms with Crippen molar-refractivity contribution >= 4 is 6.29 Å². The molecule has 2 aromatic rings. The summed E-state index contributed by atoms with van der Waals surface area (Å²) in [7, 11) is 0. The van der Waals surface area contributed by atoms with E-state index in [2.05, 4.69) is 0 Å². The molecule has 0 N–H and O–H groups in total. The predicted octanol–water partition coefficient (Wildman–Crippen LogP) is 4.37. The van der Waals surface area contributed by atoms with Gasteiger partial charge in [0.15, 0.2) is 23.7 Å². The summed E-state index contributed by atoms with van der Waals surface area (Å²) >= 11 is 0. The van der Waals surface area contributed by atoms with Crippen LogP contribution in [0, 0.1) is 17.5 Å². The summed E-state index contributed by atoms with van der Waals surface area (Å²) in [6.45, 7) is 3.67. The van der Waals surface area contributed by atoms with Gasteiger partial charge < -0.3 is 4.74 Å². The molecule has 2 rings (SSSR count). The first-order valence-corrected chi connectivity index (χ1v) is 6.33. The molecule has 0 aliphatic carbocycles. The molecule has 0 amide bonds. The Morgan fingerprint density at radius 1 is 1.05 bits per heavy atom. The third kappa shape index (κ3) is 3.24. The number of halogens is 3. The van der Waals surface area contributed by atoms with Gasteiger partial charge in [-0.3, -0.25) is 4.79 Å². The summed E-state index contributed by atoms with van der Waals surface area (Å²) in [5.74, 6) is -3.67. The maximum absolute atomic E-state index is 13.3. The van der Waals surface area contributed by atoms with Gasteiger partial charge >= 0.3 is 0 Å². The van der Waals surface area contributed by atoms with Gasteiger partial charge in [0.1, 0.15) is 5.75 Å². The maximum atomic E-state index is 13.3. The molecule has 0 saturated heterocycles. The number of carbonyl (C=O) groups is 1. The number of aldehydes is 1. The van der Waals surface area contributed by atoms with E-state index in [1.165, 1.54) is 12.1 Å². The second kappa shape index (κ2) is 5.99. The number of benzene rings is 2. The van der Waals surface area contributed by atoms with Gasteiger partial charge in [-0.2, -0.15) is 0 Å². The molecule has 5 heteroatoms. The Labute approximate surface area is 120 Å². The number of ether oxygens (including phenoxy) is 1. The monoisotopic (exact) mass is 294 g/mol.